The zero-order valence-corrected chi connectivity index (χ0v) is 18.2. The Bertz CT molecular complexity index is 735. The standard InChI is InChI=1S/C8H8.C7H12N2O3.C6H5F.Sb/c1-2-8-6-4-3-5-7-8;8-7(11)12-4-5-1-2-9-6(10)3-5;7-6-4-2-1-3-5-6;/h3-6H,1-2H2;5H,1-4H2,(H2,8,11)(H,9,10);1-5H;. The molecule has 0 saturated carbocycles. The third-order valence-electron chi connectivity index (χ3n) is 4.20. The second-order valence-electron chi connectivity index (χ2n) is 6.39. The predicted molar refractivity (Wildman–Crippen MR) is 108 cm³/mol. The molecule has 2 aromatic carbocycles. The number of carbonyl (C=O) groups is 2. The number of fused-ring (bicyclic) bond motifs is 1. The summed E-state index contributed by atoms with van der Waals surface area (Å²) < 4.78 is 19.7. The molecular weight excluding hydrogens is 469 g/mol. The molecule has 4 rings (SSSR count). The first-order valence-electron chi connectivity index (χ1n) is 9.19. The molecule has 1 fully saturated rings. The first-order valence-corrected chi connectivity index (χ1v) is 12.3. The van der Waals surface area contributed by atoms with Crippen molar-refractivity contribution in [1.82, 2.24) is 5.32 Å². The van der Waals surface area contributed by atoms with Crippen LogP contribution in [0.3, 0.4) is 0 Å². The number of aryl methyl sites for hydroxylation is 1. The van der Waals surface area contributed by atoms with Crippen LogP contribution >= 0.6 is 0 Å². The molecule has 0 spiro atoms. The quantitative estimate of drug-likeness (QED) is 0.630. The van der Waals surface area contributed by atoms with Gasteiger partial charge in [-0.2, -0.15) is 0 Å². The molecule has 3 N–H and O–H groups in total. The Labute approximate surface area is 175 Å². The summed E-state index contributed by atoms with van der Waals surface area (Å²) in [6.07, 6.45) is 1.86. The van der Waals surface area contributed by atoms with Gasteiger partial charge in [-0.3, -0.25) is 4.79 Å². The zero-order chi connectivity index (χ0) is 20.2. The molecule has 149 valence electrons. The Morgan fingerprint density at radius 1 is 1.18 bits per heavy atom. The number of halogens is 1. The average molecular weight is 494 g/mol. The third-order valence-corrected chi connectivity index (χ3v) is 7.69. The Kier molecular flexibility index (Phi) is 9.84. The Morgan fingerprint density at radius 3 is 2.50 bits per heavy atom. The summed E-state index contributed by atoms with van der Waals surface area (Å²) in [5.74, 6) is -0.0342. The number of rotatable bonds is 2. The van der Waals surface area contributed by atoms with Gasteiger partial charge in [-0.15, -0.1) is 0 Å². The molecule has 28 heavy (non-hydrogen) atoms. The molecule has 0 bridgehead atoms. The van der Waals surface area contributed by atoms with Crippen molar-refractivity contribution in [3.63, 3.8) is 0 Å². The average Bonchev–Trinajstić information content (AvgIpc) is 3.17. The van der Waals surface area contributed by atoms with Gasteiger partial charge in [0.05, 0.1) is 6.61 Å². The molecule has 2 aliphatic rings. The maximum atomic E-state index is 11.9. The summed E-state index contributed by atoms with van der Waals surface area (Å²) in [6.45, 7) is 0.911. The molecule has 1 atom stereocenters. The molecule has 2 aromatic rings. The molecule has 7 heteroatoms. The molecule has 2 heterocycles. The van der Waals surface area contributed by atoms with E-state index in [1.807, 2.05) is 0 Å². The van der Waals surface area contributed by atoms with Gasteiger partial charge in [-0.1, -0.05) is 18.2 Å². The number of ether oxygens (including phenoxy) is 1. The molecule has 0 aliphatic carbocycles. The number of hydrogen-bond acceptors (Lipinski definition) is 3. The van der Waals surface area contributed by atoms with Gasteiger partial charge in [0.2, 0.25) is 5.91 Å². The molecule has 1 unspecified atom stereocenters. The molecule has 1 saturated heterocycles. The van der Waals surface area contributed by atoms with Crippen LogP contribution in [0, 0.1) is 11.7 Å². The van der Waals surface area contributed by atoms with Crippen molar-refractivity contribution in [3.8, 4) is 0 Å². The Hall–Kier alpha value is -2.07. The Morgan fingerprint density at radius 2 is 1.89 bits per heavy atom. The SMILES string of the molecule is Fc1ccccc1.NC(=O)OCC1CCNC(=O)C1.c1cc[c]2c(c1)C[CH2][Sb]2. The number of nitrogens with two attached hydrogens (primary N) is 1. The van der Waals surface area contributed by atoms with Crippen LogP contribution in [0.4, 0.5) is 9.18 Å². The van der Waals surface area contributed by atoms with E-state index in [4.69, 9.17) is 5.73 Å². The van der Waals surface area contributed by atoms with Gasteiger partial charge in [0.25, 0.3) is 0 Å². The van der Waals surface area contributed by atoms with Crippen LogP contribution in [0.25, 0.3) is 0 Å². The molecule has 2 aliphatic heterocycles. The van der Waals surface area contributed by atoms with E-state index in [9.17, 15) is 14.0 Å². The van der Waals surface area contributed by atoms with E-state index in [0.717, 1.165) is 6.42 Å². The van der Waals surface area contributed by atoms with Gasteiger partial charge in [-0.25, -0.2) is 9.18 Å². The van der Waals surface area contributed by atoms with E-state index in [1.165, 1.54) is 22.9 Å². The van der Waals surface area contributed by atoms with E-state index in [-0.39, 0.29) is 45.9 Å². The molecule has 5 nitrogen and oxygen atoms in total. The van der Waals surface area contributed by atoms with Gasteiger partial charge in [0.1, 0.15) is 5.82 Å². The number of carbonyl (C=O) groups excluding carboxylic acids is 2. The molecule has 0 aromatic heterocycles. The first kappa shape index (κ1) is 22.2. The van der Waals surface area contributed by atoms with Crippen molar-refractivity contribution in [3.05, 3.63) is 66.0 Å². The molecular formula is C21H25FN2O3Sb. The van der Waals surface area contributed by atoms with Gasteiger partial charge in [-0.05, 0) is 18.6 Å². The first-order chi connectivity index (χ1) is 13.5. The summed E-state index contributed by atoms with van der Waals surface area (Å²) in [5.41, 5.74) is 6.42. The van der Waals surface area contributed by atoms with E-state index in [1.54, 1.807) is 27.3 Å². The minimum absolute atomic E-state index is 0.0133. The molecule has 2 amide bonds. The van der Waals surface area contributed by atoms with Crippen molar-refractivity contribution < 1.29 is 18.7 Å². The van der Waals surface area contributed by atoms with Crippen molar-refractivity contribution in [1.29, 1.82) is 0 Å². The van der Waals surface area contributed by atoms with Crippen LogP contribution in [-0.4, -0.2) is 46.8 Å². The van der Waals surface area contributed by atoms with Crippen LogP contribution in [0.15, 0.2) is 54.6 Å². The molecule has 1 radical (unpaired) electrons. The summed E-state index contributed by atoms with van der Waals surface area (Å²) >= 11 is 0.103. The van der Waals surface area contributed by atoms with Gasteiger partial charge in [0.15, 0.2) is 0 Å². The van der Waals surface area contributed by atoms with Crippen LogP contribution in [0.1, 0.15) is 18.4 Å². The van der Waals surface area contributed by atoms with E-state index in [2.05, 4.69) is 34.3 Å². The van der Waals surface area contributed by atoms with Gasteiger partial charge in [0, 0.05) is 18.9 Å². The fourth-order valence-electron chi connectivity index (χ4n) is 2.78. The van der Waals surface area contributed by atoms with Crippen molar-refractivity contribution in [2.45, 2.75) is 23.6 Å². The summed E-state index contributed by atoms with van der Waals surface area (Å²) in [6, 6.07) is 16.8. The summed E-state index contributed by atoms with van der Waals surface area (Å²) in [7, 11) is 0. The fourth-order valence-corrected chi connectivity index (χ4v) is 6.13. The van der Waals surface area contributed by atoms with Crippen LogP contribution in [0.5, 0.6) is 0 Å². The second kappa shape index (κ2) is 12.4. The number of hydrogen-bond donors (Lipinski definition) is 2. The third kappa shape index (κ3) is 8.74. The predicted octanol–water partition coefficient (Wildman–Crippen LogP) is 2.42. The number of amides is 2. The van der Waals surface area contributed by atoms with E-state index in [0.29, 0.717) is 13.0 Å². The normalized spacial score (nSPS) is 17.0. The second-order valence-corrected chi connectivity index (χ2v) is 9.95. The zero-order valence-electron chi connectivity index (χ0n) is 15.6. The van der Waals surface area contributed by atoms with E-state index < -0.39 is 6.09 Å². The minimum atomic E-state index is -0.777. The van der Waals surface area contributed by atoms with Crippen molar-refractivity contribution in [2.24, 2.45) is 11.7 Å². The topological polar surface area (TPSA) is 81.4 Å². The number of primary amides is 1. The number of piperidine rings is 1. The van der Waals surface area contributed by atoms with Crippen LogP contribution in [-0.2, 0) is 16.0 Å². The van der Waals surface area contributed by atoms with E-state index >= 15 is 0 Å². The van der Waals surface area contributed by atoms with Crippen molar-refractivity contribution in [2.75, 3.05) is 13.2 Å². The summed E-state index contributed by atoms with van der Waals surface area (Å²) in [5, 5.41) is 2.69. The number of nitrogens with one attached hydrogen (secondary N) is 1. The maximum absolute atomic E-state index is 11.9. The number of benzene rings is 2. The van der Waals surface area contributed by atoms with Crippen LogP contribution in [0.2, 0.25) is 4.37 Å². The van der Waals surface area contributed by atoms with Gasteiger partial charge >= 0.3 is 71.8 Å². The van der Waals surface area contributed by atoms with Gasteiger partial charge < -0.3 is 15.8 Å². The van der Waals surface area contributed by atoms with Crippen molar-refractivity contribution >= 4 is 37.1 Å². The van der Waals surface area contributed by atoms with Crippen LogP contribution < -0.4 is 14.6 Å². The fraction of sp³-hybridized carbons (Fsp3) is 0.333. The summed E-state index contributed by atoms with van der Waals surface area (Å²) in [4.78, 5) is 21.1. The monoisotopic (exact) mass is 493 g/mol. The Balaban J connectivity index is 0.000000156.